The highest BCUT2D eigenvalue weighted by molar-refractivity contribution is 7.15. The molecular weight excluding hydrogens is 277 g/mol. The second-order valence-corrected chi connectivity index (χ2v) is 4.97. The predicted molar refractivity (Wildman–Crippen MR) is 64.6 cm³/mol. The Balaban J connectivity index is 2.06. The van der Waals surface area contributed by atoms with Crippen LogP contribution in [0.4, 0.5) is 13.2 Å². The Hall–Kier alpha value is -1.96. The molecule has 3 aromatic rings. The van der Waals surface area contributed by atoms with Crippen LogP contribution in [0.3, 0.4) is 0 Å². The summed E-state index contributed by atoms with van der Waals surface area (Å²) in [6.45, 7) is 0. The van der Waals surface area contributed by atoms with Crippen molar-refractivity contribution < 1.29 is 13.2 Å². The van der Waals surface area contributed by atoms with Gasteiger partial charge in [-0.05, 0) is 17.7 Å². The fourth-order valence-corrected chi connectivity index (χ4v) is 2.51. The van der Waals surface area contributed by atoms with Gasteiger partial charge in [0.05, 0.1) is 10.4 Å². The maximum Gasteiger partial charge on any atom is 0.443 e. The molecule has 19 heavy (non-hydrogen) atoms. The minimum absolute atomic E-state index is 0.458. The Bertz CT molecular complexity index is 744. The number of aryl methyl sites for hydroxylation is 1. The normalized spacial score (nSPS) is 12.2. The first-order valence-electron chi connectivity index (χ1n) is 5.28. The van der Waals surface area contributed by atoms with E-state index in [4.69, 9.17) is 0 Å². The number of rotatable bonds is 1. The summed E-state index contributed by atoms with van der Waals surface area (Å²) in [6, 6.07) is 5.22. The summed E-state index contributed by atoms with van der Waals surface area (Å²) < 4.78 is 39.1. The van der Waals surface area contributed by atoms with E-state index in [0.29, 0.717) is 27.3 Å². The smallest absolute Gasteiger partial charge is 0.248 e. The van der Waals surface area contributed by atoms with Gasteiger partial charge in [0.25, 0.3) is 0 Å². The number of aromatic nitrogens is 4. The summed E-state index contributed by atoms with van der Waals surface area (Å²) in [6.07, 6.45) is -3.18. The zero-order chi connectivity index (χ0) is 13.6. The fourth-order valence-electron chi connectivity index (χ4n) is 1.73. The van der Waals surface area contributed by atoms with E-state index in [1.165, 1.54) is 6.20 Å². The Labute approximate surface area is 109 Å². The monoisotopic (exact) mass is 284 g/mol. The minimum atomic E-state index is -4.40. The van der Waals surface area contributed by atoms with Gasteiger partial charge in [-0.2, -0.15) is 13.2 Å². The van der Waals surface area contributed by atoms with Crippen molar-refractivity contribution in [1.82, 2.24) is 20.0 Å². The van der Waals surface area contributed by atoms with Crippen LogP contribution in [0.15, 0.2) is 24.4 Å². The molecule has 8 heteroatoms. The minimum Gasteiger partial charge on any atom is -0.248 e. The Morgan fingerprint density at radius 2 is 2.05 bits per heavy atom. The van der Waals surface area contributed by atoms with Crippen molar-refractivity contribution in [2.24, 2.45) is 7.05 Å². The number of nitrogens with zero attached hydrogens (tertiary/aromatic N) is 4. The number of fused-ring (bicyclic) bond motifs is 1. The molecule has 1 aromatic carbocycles. The van der Waals surface area contributed by atoms with Gasteiger partial charge in [-0.3, -0.25) is 0 Å². The van der Waals surface area contributed by atoms with Gasteiger partial charge in [0.15, 0.2) is 5.01 Å². The van der Waals surface area contributed by atoms with Gasteiger partial charge in [0.1, 0.15) is 5.52 Å². The zero-order valence-electron chi connectivity index (χ0n) is 9.64. The van der Waals surface area contributed by atoms with Crippen LogP contribution >= 0.6 is 11.3 Å². The third kappa shape index (κ3) is 2.07. The van der Waals surface area contributed by atoms with Crippen molar-refractivity contribution in [1.29, 1.82) is 0 Å². The van der Waals surface area contributed by atoms with Gasteiger partial charge in [0, 0.05) is 13.2 Å². The molecule has 0 bridgehead atoms. The van der Waals surface area contributed by atoms with E-state index in [1.807, 2.05) is 0 Å². The quantitative estimate of drug-likeness (QED) is 0.689. The molecule has 0 radical (unpaired) electrons. The second kappa shape index (κ2) is 4.02. The third-order valence-electron chi connectivity index (χ3n) is 2.64. The van der Waals surface area contributed by atoms with Crippen molar-refractivity contribution in [3.8, 4) is 10.4 Å². The van der Waals surface area contributed by atoms with Crippen LogP contribution in [0.5, 0.6) is 0 Å². The summed E-state index contributed by atoms with van der Waals surface area (Å²) >= 11 is 0.617. The summed E-state index contributed by atoms with van der Waals surface area (Å²) in [5.41, 5.74) is 2.12. The Morgan fingerprint density at radius 3 is 2.74 bits per heavy atom. The van der Waals surface area contributed by atoms with Crippen LogP contribution in [-0.2, 0) is 13.2 Å². The Kier molecular flexibility index (Phi) is 2.56. The highest BCUT2D eigenvalue weighted by Gasteiger charge is 2.34. The van der Waals surface area contributed by atoms with Gasteiger partial charge in [0.2, 0.25) is 0 Å². The molecule has 0 saturated carbocycles. The Morgan fingerprint density at radius 1 is 1.26 bits per heavy atom. The molecule has 0 unspecified atom stereocenters. The molecule has 4 nitrogen and oxygen atoms in total. The highest BCUT2D eigenvalue weighted by Crippen LogP contribution is 2.36. The number of thiazole rings is 1. The fraction of sp³-hybridized carbons (Fsp3) is 0.182. The van der Waals surface area contributed by atoms with Gasteiger partial charge in [-0.25, -0.2) is 9.67 Å². The van der Waals surface area contributed by atoms with Crippen LogP contribution in [0.25, 0.3) is 21.5 Å². The van der Waals surface area contributed by atoms with E-state index in [2.05, 4.69) is 15.3 Å². The van der Waals surface area contributed by atoms with Crippen molar-refractivity contribution in [2.45, 2.75) is 6.18 Å². The van der Waals surface area contributed by atoms with Crippen molar-refractivity contribution in [3.05, 3.63) is 29.4 Å². The predicted octanol–water partition coefficient (Wildman–Crippen LogP) is 3.11. The number of hydrogen-bond acceptors (Lipinski definition) is 4. The molecule has 2 aromatic heterocycles. The molecule has 0 saturated heterocycles. The molecule has 3 rings (SSSR count). The molecule has 98 valence electrons. The van der Waals surface area contributed by atoms with Crippen molar-refractivity contribution in [2.75, 3.05) is 0 Å². The van der Waals surface area contributed by atoms with Crippen molar-refractivity contribution in [3.63, 3.8) is 0 Å². The lowest BCUT2D eigenvalue weighted by Crippen LogP contribution is -2.02. The third-order valence-corrected chi connectivity index (χ3v) is 3.73. The van der Waals surface area contributed by atoms with Crippen LogP contribution in [0, 0.1) is 0 Å². The first-order chi connectivity index (χ1) is 8.95. The molecule has 0 aliphatic heterocycles. The molecule has 0 aliphatic rings. The van der Waals surface area contributed by atoms with Gasteiger partial charge in [-0.15, -0.1) is 16.4 Å². The average Bonchev–Trinajstić information content (AvgIpc) is 2.95. The molecule has 0 amide bonds. The maximum absolute atomic E-state index is 12.5. The van der Waals surface area contributed by atoms with Crippen LogP contribution in [0.2, 0.25) is 0 Å². The van der Waals surface area contributed by atoms with E-state index in [0.717, 1.165) is 5.52 Å². The lowest BCUT2D eigenvalue weighted by atomic mass is 10.2. The van der Waals surface area contributed by atoms with E-state index in [9.17, 15) is 13.2 Å². The average molecular weight is 284 g/mol. The SMILES string of the molecule is Cn1nnc2cc(-c3cnc(C(F)(F)F)s3)ccc21. The molecule has 0 atom stereocenters. The van der Waals surface area contributed by atoms with E-state index in [1.54, 1.807) is 29.9 Å². The van der Waals surface area contributed by atoms with Gasteiger partial charge in [-0.1, -0.05) is 11.3 Å². The number of halogens is 3. The lowest BCUT2D eigenvalue weighted by molar-refractivity contribution is -0.137. The first-order valence-corrected chi connectivity index (χ1v) is 6.09. The lowest BCUT2D eigenvalue weighted by Gasteiger charge is -1.99. The number of hydrogen-bond donors (Lipinski definition) is 0. The standard InChI is InChI=1S/C11H7F3N4S/c1-18-8-3-2-6(4-7(8)16-17-18)9-5-15-10(19-9)11(12,13)14/h2-5H,1H3. The van der Waals surface area contributed by atoms with E-state index >= 15 is 0 Å². The van der Waals surface area contributed by atoms with Crippen LogP contribution < -0.4 is 0 Å². The van der Waals surface area contributed by atoms with Crippen molar-refractivity contribution >= 4 is 22.4 Å². The summed E-state index contributed by atoms with van der Waals surface area (Å²) in [7, 11) is 1.75. The summed E-state index contributed by atoms with van der Waals surface area (Å²) in [5.74, 6) is 0. The van der Waals surface area contributed by atoms with Crippen LogP contribution in [-0.4, -0.2) is 20.0 Å². The topological polar surface area (TPSA) is 43.6 Å². The van der Waals surface area contributed by atoms with Gasteiger partial charge >= 0.3 is 6.18 Å². The maximum atomic E-state index is 12.5. The highest BCUT2D eigenvalue weighted by atomic mass is 32.1. The number of alkyl halides is 3. The molecule has 0 aliphatic carbocycles. The molecular formula is C11H7F3N4S. The molecule has 2 heterocycles. The molecule has 0 N–H and O–H groups in total. The molecule has 0 spiro atoms. The zero-order valence-corrected chi connectivity index (χ0v) is 10.5. The number of benzene rings is 1. The van der Waals surface area contributed by atoms with Gasteiger partial charge < -0.3 is 0 Å². The molecule has 0 fully saturated rings. The van der Waals surface area contributed by atoms with E-state index in [-0.39, 0.29) is 0 Å². The van der Waals surface area contributed by atoms with E-state index < -0.39 is 11.2 Å². The van der Waals surface area contributed by atoms with Crippen LogP contribution in [0.1, 0.15) is 5.01 Å². The largest absolute Gasteiger partial charge is 0.443 e. The first kappa shape index (κ1) is 12.1. The second-order valence-electron chi connectivity index (χ2n) is 3.94. The summed E-state index contributed by atoms with van der Waals surface area (Å²) in [4.78, 5) is 3.86. The summed E-state index contributed by atoms with van der Waals surface area (Å²) in [5, 5.41) is 6.94.